The van der Waals surface area contributed by atoms with Crippen molar-refractivity contribution in [3.8, 4) is 11.5 Å². The van der Waals surface area contributed by atoms with E-state index < -0.39 is 0 Å². The molecule has 0 N–H and O–H groups in total. The largest absolute Gasteiger partial charge is 0.354 e. The highest BCUT2D eigenvalue weighted by Gasteiger charge is 2.25. The van der Waals surface area contributed by atoms with Crippen LogP contribution in [0.3, 0.4) is 0 Å². The summed E-state index contributed by atoms with van der Waals surface area (Å²) in [6, 6.07) is 7.74. The topological polar surface area (TPSA) is 38.9 Å². The minimum atomic E-state index is 0.179. The van der Waals surface area contributed by atoms with Crippen LogP contribution in [0.15, 0.2) is 35.0 Å². The molecule has 0 saturated heterocycles. The van der Waals surface area contributed by atoms with Gasteiger partial charge in [0.15, 0.2) is 5.76 Å². The van der Waals surface area contributed by atoms with Gasteiger partial charge in [-0.15, -0.1) is 0 Å². The summed E-state index contributed by atoms with van der Waals surface area (Å²) in [6.45, 7) is 8.77. The SMILES string of the molecule is CC(c1cc(-c2ccccn2)on1)C(C)(C)C. The standard InChI is InChI=1S/C14H18N2O/c1-10(14(2,3)4)12-9-13(17-16-12)11-7-5-6-8-15-11/h5-10H,1-4H3. The number of pyridine rings is 1. The first kappa shape index (κ1) is 11.8. The molecule has 1 atom stereocenters. The highest BCUT2D eigenvalue weighted by molar-refractivity contribution is 5.51. The zero-order valence-corrected chi connectivity index (χ0v) is 10.8. The lowest BCUT2D eigenvalue weighted by Gasteiger charge is -2.24. The van der Waals surface area contributed by atoms with Crippen LogP contribution in [0.1, 0.15) is 39.3 Å². The lowest BCUT2D eigenvalue weighted by atomic mass is 9.80. The number of aromatic nitrogens is 2. The smallest absolute Gasteiger partial charge is 0.185 e. The summed E-state index contributed by atoms with van der Waals surface area (Å²) in [5.74, 6) is 1.08. The Balaban J connectivity index is 2.28. The number of nitrogens with zero attached hydrogens (tertiary/aromatic N) is 2. The zero-order valence-electron chi connectivity index (χ0n) is 10.8. The average molecular weight is 230 g/mol. The maximum atomic E-state index is 5.35. The number of hydrogen-bond acceptors (Lipinski definition) is 3. The summed E-state index contributed by atoms with van der Waals surface area (Å²) >= 11 is 0. The van der Waals surface area contributed by atoms with Crippen LogP contribution in [0.2, 0.25) is 0 Å². The van der Waals surface area contributed by atoms with Crippen LogP contribution < -0.4 is 0 Å². The first-order valence-electron chi connectivity index (χ1n) is 5.86. The predicted octanol–water partition coefficient (Wildman–Crippen LogP) is 3.89. The van der Waals surface area contributed by atoms with Gasteiger partial charge in [0.1, 0.15) is 5.69 Å². The van der Waals surface area contributed by atoms with Crippen LogP contribution in [0.5, 0.6) is 0 Å². The third-order valence-corrected chi connectivity index (χ3v) is 3.19. The molecule has 0 amide bonds. The van der Waals surface area contributed by atoms with Crippen molar-refractivity contribution in [2.75, 3.05) is 0 Å². The fourth-order valence-corrected chi connectivity index (χ4v) is 1.57. The van der Waals surface area contributed by atoms with Gasteiger partial charge >= 0.3 is 0 Å². The molecule has 2 heterocycles. The predicted molar refractivity (Wildman–Crippen MR) is 67.6 cm³/mol. The summed E-state index contributed by atoms with van der Waals surface area (Å²) in [5.41, 5.74) is 1.99. The molecular formula is C14H18N2O. The first-order valence-corrected chi connectivity index (χ1v) is 5.86. The molecule has 0 aromatic carbocycles. The molecule has 3 heteroatoms. The Bertz CT molecular complexity index is 482. The van der Waals surface area contributed by atoms with E-state index in [4.69, 9.17) is 4.52 Å². The first-order chi connectivity index (χ1) is 7.98. The molecule has 2 aromatic rings. The molecule has 1 unspecified atom stereocenters. The van der Waals surface area contributed by atoms with Crippen LogP contribution in [0.4, 0.5) is 0 Å². The highest BCUT2D eigenvalue weighted by Crippen LogP contribution is 2.35. The van der Waals surface area contributed by atoms with E-state index in [2.05, 4.69) is 37.8 Å². The van der Waals surface area contributed by atoms with Gasteiger partial charge in [0.05, 0.1) is 5.69 Å². The van der Waals surface area contributed by atoms with Gasteiger partial charge in [0.2, 0.25) is 0 Å². The molecule has 17 heavy (non-hydrogen) atoms. The molecule has 0 spiro atoms. The Morgan fingerprint density at radius 2 is 2.00 bits per heavy atom. The van der Waals surface area contributed by atoms with Gasteiger partial charge in [0, 0.05) is 18.2 Å². The third kappa shape index (κ3) is 2.54. The lowest BCUT2D eigenvalue weighted by molar-refractivity contribution is 0.318. The van der Waals surface area contributed by atoms with Crippen molar-refractivity contribution < 1.29 is 4.52 Å². The van der Waals surface area contributed by atoms with E-state index in [9.17, 15) is 0 Å². The Kier molecular flexibility index (Phi) is 3.01. The summed E-state index contributed by atoms with van der Waals surface area (Å²) in [6.07, 6.45) is 1.75. The Morgan fingerprint density at radius 3 is 2.59 bits per heavy atom. The van der Waals surface area contributed by atoms with Crippen molar-refractivity contribution in [3.05, 3.63) is 36.2 Å². The van der Waals surface area contributed by atoms with Crippen molar-refractivity contribution in [1.29, 1.82) is 0 Å². The molecule has 2 rings (SSSR count). The summed E-state index contributed by atoms with van der Waals surface area (Å²) in [4.78, 5) is 4.25. The van der Waals surface area contributed by atoms with E-state index in [1.54, 1.807) is 6.20 Å². The van der Waals surface area contributed by atoms with Crippen molar-refractivity contribution in [2.24, 2.45) is 5.41 Å². The Labute approximate surface area is 102 Å². The molecule has 0 fully saturated rings. The van der Waals surface area contributed by atoms with Gasteiger partial charge in [-0.2, -0.15) is 0 Å². The molecule has 0 aliphatic heterocycles. The molecule has 0 radical (unpaired) electrons. The minimum absolute atomic E-state index is 0.179. The van der Waals surface area contributed by atoms with Crippen molar-refractivity contribution >= 4 is 0 Å². The van der Waals surface area contributed by atoms with Gasteiger partial charge in [-0.05, 0) is 17.5 Å². The summed E-state index contributed by atoms with van der Waals surface area (Å²) in [7, 11) is 0. The third-order valence-electron chi connectivity index (χ3n) is 3.19. The van der Waals surface area contributed by atoms with Gasteiger partial charge in [-0.3, -0.25) is 4.98 Å². The van der Waals surface area contributed by atoms with Crippen LogP contribution in [-0.2, 0) is 0 Å². The summed E-state index contributed by atoms with van der Waals surface area (Å²) < 4.78 is 5.35. The minimum Gasteiger partial charge on any atom is -0.354 e. The fraction of sp³-hybridized carbons (Fsp3) is 0.429. The van der Waals surface area contributed by atoms with Crippen LogP contribution in [0.25, 0.3) is 11.5 Å². The van der Waals surface area contributed by atoms with Crippen molar-refractivity contribution in [1.82, 2.24) is 10.1 Å². The maximum absolute atomic E-state index is 5.35. The van der Waals surface area contributed by atoms with E-state index in [-0.39, 0.29) is 5.41 Å². The molecule has 0 bridgehead atoms. The molecule has 90 valence electrons. The second-order valence-corrected chi connectivity index (χ2v) is 5.42. The number of rotatable bonds is 2. The van der Waals surface area contributed by atoms with Gasteiger partial charge in [-0.1, -0.05) is 38.9 Å². The number of hydrogen-bond donors (Lipinski definition) is 0. The molecule has 0 saturated carbocycles. The van der Waals surface area contributed by atoms with Crippen LogP contribution >= 0.6 is 0 Å². The molecular weight excluding hydrogens is 212 g/mol. The highest BCUT2D eigenvalue weighted by atomic mass is 16.5. The van der Waals surface area contributed by atoms with E-state index in [0.29, 0.717) is 5.92 Å². The maximum Gasteiger partial charge on any atom is 0.185 e. The quantitative estimate of drug-likeness (QED) is 0.785. The van der Waals surface area contributed by atoms with Gasteiger partial charge < -0.3 is 4.52 Å². The molecule has 0 aliphatic carbocycles. The van der Waals surface area contributed by atoms with Gasteiger partial charge in [0.25, 0.3) is 0 Å². The molecule has 3 nitrogen and oxygen atoms in total. The molecule has 0 aliphatic rings. The second kappa shape index (κ2) is 4.32. The van der Waals surface area contributed by atoms with Crippen molar-refractivity contribution in [3.63, 3.8) is 0 Å². The monoisotopic (exact) mass is 230 g/mol. The molecule has 2 aromatic heterocycles. The van der Waals surface area contributed by atoms with E-state index in [1.165, 1.54) is 0 Å². The Morgan fingerprint density at radius 1 is 1.24 bits per heavy atom. The van der Waals surface area contributed by atoms with E-state index >= 15 is 0 Å². The van der Waals surface area contributed by atoms with Crippen LogP contribution in [-0.4, -0.2) is 10.1 Å². The lowest BCUT2D eigenvalue weighted by Crippen LogP contribution is -2.15. The Hall–Kier alpha value is -1.64. The summed E-state index contributed by atoms with van der Waals surface area (Å²) in [5, 5.41) is 4.14. The fourth-order valence-electron chi connectivity index (χ4n) is 1.57. The van der Waals surface area contributed by atoms with E-state index in [0.717, 1.165) is 17.1 Å². The normalized spacial score (nSPS) is 13.6. The van der Waals surface area contributed by atoms with Crippen LogP contribution in [0, 0.1) is 5.41 Å². The van der Waals surface area contributed by atoms with Crippen molar-refractivity contribution in [2.45, 2.75) is 33.6 Å². The average Bonchev–Trinajstić information content (AvgIpc) is 2.77. The second-order valence-electron chi connectivity index (χ2n) is 5.42. The van der Waals surface area contributed by atoms with E-state index in [1.807, 2.05) is 24.3 Å². The zero-order chi connectivity index (χ0) is 12.5. The van der Waals surface area contributed by atoms with Gasteiger partial charge in [-0.25, -0.2) is 0 Å².